The summed E-state index contributed by atoms with van der Waals surface area (Å²) in [6.07, 6.45) is 0. The largest absolute Gasteiger partial charge is 0.478 e. The zero-order chi connectivity index (χ0) is 17.1. The first-order valence-corrected chi connectivity index (χ1v) is 6.98. The number of nitrogens with zero attached hydrogens (tertiary/aromatic N) is 3. The van der Waals surface area contributed by atoms with Crippen LogP contribution in [-0.4, -0.2) is 20.9 Å². The Balaban J connectivity index is 2.02. The van der Waals surface area contributed by atoms with Crippen molar-refractivity contribution in [3.63, 3.8) is 0 Å². The van der Waals surface area contributed by atoms with Gasteiger partial charge >= 0.3 is 11.5 Å². The van der Waals surface area contributed by atoms with E-state index in [9.17, 15) is 9.59 Å². The van der Waals surface area contributed by atoms with Crippen LogP contribution in [0, 0.1) is 0 Å². The fourth-order valence-electron chi connectivity index (χ4n) is 2.15. The molecule has 24 heavy (non-hydrogen) atoms. The molecule has 0 aliphatic heterocycles. The lowest BCUT2D eigenvalue weighted by atomic mass is 10.2. The molecule has 4 N–H and O–H groups in total. The number of carboxylic acids is 1. The minimum atomic E-state index is -1.13. The molecule has 0 saturated heterocycles. The lowest BCUT2D eigenvalue weighted by Gasteiger charge is -1.99. The monoisotopic (exact) mass is 323 g/mol. The highest BCUT2D eigenvalue weighted by molar-refractivity contribution is 5.93. The van der Waals surface area contributed by atoms with Crippen molar-refractivity contribution in [3.05, 3.63) is 70.5 Å². The van der Waals surface area contributed by atoms with Gasteiger partial charge in [-0.15, -0.1) is 10.2 Å². The Morgan fingerprint density at radius 2 is 1.71 bits per heavy atom. The molecule has 0 spiro atoms. The van der Waals surface area contributed by atoms with E-state index in [2.05, 4.69) is 15.3 Å². The van der Waals surface area contributed by atoms with Crippen molar-refractivity contribution in [1.29, 1.82) is 0 Å². The zero-order valence-electron chi connectivity index (χ0n) is 12.4. The number of rotatable bonds is 4. The standard InChI is InChI=1S/C16H13N5O3/c17-14-13(15(22)21(20-14)10-6-2-1-3-7-10)19-18-12-9-5-4-8-11(12)16(23)24/h1-9,20H,17H2,(H,23,24). The van der Waals surface area contributed by atoms with Gasteiger partial charge in [0, 0.05) is 0 Å². The molecule has 3 aromatic rings. The van der Waals surface area contributed by atoms with Gasteiger partial charge in [-0.05, 0) is 24.3 Å². The molecule has 0 fully saturated rings. The molecule has 0 aliphatic carbocycles. The first-order valence-electron chi connectivity index (χ1n) is 6.98. The summed E-state index contributed by atoms with van der Waals surface area (Å²) in [5.74, 6) is -1.09. The number of H-pyrrole nitrogens is 1. The number of benzene rings is 2. The summed E-state index contributed by atoms with van der Waals surface area (Å²) in [5.41, 5.74) is 5.95. The number of nitrogens with two attached hydrogens (primary N) is 1. The summed E-state index contributed by atoms with van der Waals surface area (Å²) in [4.78, 5) is 23.6. The Hall–Kier alpha value is -3.68. The molecule has 0 radical (unpaired) electrons. The van der Waals surface area contributed by atoms with Crippen LogP contribution in [0.5, 0.6) is 0 Å². The average Bonchev–Trinajstić information content (AvgIpc) is 2.88. The van der Waals surface area contributed by atoms with Gasteiger partial charge in [0.15, 0.2) is 5.69 Å². The molecular weight excluding hydrogens is 310 g/mol. The van der Waals surface area contributed by atoms with Crippen LogP contribution in [0.3, 0.4) is 0 Å². The van der Waals surface area contributed by atoms with Gasteiger partial charge in [0.25, 0.3) is 0 Å². The molecule has 0 unspecified atom stereocenters. The fraction of sp³-hybridized carbons (Fsp3) is 0. The van der Waals surface area contributed by atoms with E-state index in [0.29, 0.717) is 5.69 Å². The summed E-state index contributed by atoms with van der Waals surface area (Å²) >= 11 is 0. The van der Waals surface area contributed by atoms with Crippen molar-refractivity contribution in [1.82, 2.24) is 9.78 Å². The summed E-state index contributed by atoms with van der Waals surface area (Å²) in [6, 6.07) is 15.0. The predicted molar refractivity (Wildman–Crippen MR) is 88.4 cm³/mol. The maximum Gasteiger partial charge on any atom is 0.337 e. The van der Waals surface area contributed by atoms with Gasteiger partial charge in [0.2, 0.25) is 0 Å². The van der Waals surface area contributed by atoms with E-state index in [-0.39, 0.29) is 22.8 Å². The van der Waals surface area contributed by atoms with Gasteiger partial charge in [0.1, 0.15) is 11.5 Å². The van der Waals surface area contributed by atoms with Gasteiger partial charge in [-0.1, -0.05) is 30.3 Å². The molecule has 8 nitrogen and oxygen atoms in total. The number of aromatic carboxylic acids is 1. The smallest absolute Gasteiger partial charge is 0.337 e. The van der Waals surface area contributed by atoms with Crippen molar-refractivity contribution < 1.29 is 9.90 Å². The molecule has 120 valence electrons. The van der Waals surface area contributed by atoms with E-state index < -0.39 is 11.5 Å². The number of azo groups is 1. The molecular formula is C16H13N5O3. The number of anilines is 1. The molecule has 2 aromatic carbocycles. The van der Waals surface area contributed by atoms with E-state index >= 15 is 0 Å². The van der Waals surface area contributed by atoms with Crippen LogP contribution >= 0.6 is 0 Å². The molecule has 0 aliphatic rings. The maximum atomic E-state index is 12.4. The molecule has 0 saturated carbocycles. The Kier molecular flexibility index (Phi) is 3.94. The van der Waals surface area contributed by atoms with Crippen molar-refractivity contribution in [2.75, 3.05) is 5.73 Å². The van der Waals surface area contributed by atoms with E-state index in [0.717, 1.165) is 0 Å². The molecule has 3 rings (SSSR count). The first-order chi connectivity index (χ1) is 11.6. The number of para-hydroxylation sites is 1. The van der Waals surface area contributed by atoms with Crippen LogP contribution in [0.4, 0.5) is 17.2 Å². The van der Waals surface area contributed by atoms with Gasteiger partial charge in [-0.25, -0.2) is 9.48 Å². The fourth-order valence-corrected chi connectivity index (χ4v) is 2.15. The van der Waals surface area contributed by atoms with E-state index in [1.165, 1.54) is 16.8 Å². The van der Waals surface area contributed by atoms with Gasteiger partial charge in [0.05, 0.1) is 11.3 Å². The number of carboxylic acid groups (broad SMARTS) is 1. The highest BCUT2D eigenvalue weighted by Crippen LogP contribution is 2.23. The molecule has 0 amide bonds. The molecule has 1 heterocycles. The van der Waals surface area contributed by atoms with E-state index in [4.69, 9.17) is 10.8 Å². The first kappa shape index (κ1) is 15.2. The zero-order valence-corrected chi connectivity index (χ0v) is 12.4. The van der Waals surface area contributed by atoms with Crippen molar-refractivity contribution in [2.24, 2.45) is 10.2 Å². The number of nitrogens with one attached hydrogen (secondary N) is 1. The van der Waals surface area contributed by atoms with Crippen LogP contribution in [0.2, 0.25) is 0 Å². The van der Waals surface area contributed by atoms with Crippen LogP contribution in [0.25, 0.3) is 5.69 Å². The lowest BCUT2D eigenvalue weighted by molar-refractivity contribution is 0.0698. The van der Waals surface area contributed by atoms with Crippen LogP contribution in [0.1, 0.15) is 10.4 Å². The van der Waals surface area contributed by atoms with Crippen molar-refractivity contribution in [3.8, 4) is 5.69 Å². The molecule has 0 bridgehead atoms. The Morgan fingerprint density at radius 1 is 1.04 bits per heavy atom. The number of nitrogen functional groups attached to an aromatic ring is 1. The van der Waals surface area contributed by atoms with Crippen LogP contribution in [-0.2, 0) is 0 Å². The topological polar surface area (TPSA) is 126 Å². The van der Waals surface area contributed by atoms with Crippen LogP contribution < -0.4 is 11.3 Å². The summed E-state index contributed by atoms with van der Waals surface area (Å²) in [6.45, 7) is 0. The average molecular weight is 323 g/mol. The maximum absolute atomic E-state index is 12.4. The van der Waals surface area contributed by atoms with Crippen LogP contribution in [0.15, 0.2) is 69.6 Å². The third-order valence-electron chi connectivity index (χ3n) is 3.30. The summed E-state index contributed by atoms with van der Waals surface area (Å²) in [5, 5.41) is 19.5. The minimum absolute atomic E-state index is 0.0151. The van der Waals surface area contributed by atoms with Crippen molar-refractivity contribution >= 4 is 23.2 Å². The Bertz CT molecular complexity index is 973. The molecule has 8 heteroatoms. The molecule has 0 atom stereocenters. The second kappa shape index (κ2) is 6.21. The Labute approximate surface area is 135 Å². The Morgan fingerprint density at radius 3 is 2.42 bits per heavy atom. The number of aromatic nitrogens is 2. The number of hydrogen-bond acceptors (Lipinski definition) is 5. The normalized spacial score (nSPS) is 11.0. The summed E-state index contributed by atoms with van der Waals surface area (Å²) < 4.78 is 1.24. The quantitative estimate of drug-likeness (QED) is 0.638. The van der Waals surface area contributed by atoms with Gasteiger partial charge in [-0.3, -0.25) is 9.89 Å². The van der Waals surface area contributed by atoms with Gasteiger partial charge in [-0.2, -0.15) is 0 Å². The number of carbonyl (C=O) groups is 1. The number of aromatic amines is 1. The predicted octanol–water partition coefficient (Wildman–Crippen LogP) is 2.86. The molecule has 1 aromatic heterocycles. The van der Waals surface area contributed by atoms with E-state index in [1.807, 2.05) is 6.07 Å². The third kappa shape index (κ3) is 2.80. The second-order valence-corrected chi connectivity index (χ2v) is 4.87. The van der Waals surface area contributed by atoms with E-state index in [1.54, 1.807) is 36.4 Å². The second-order valence-electron chi connectivity index (χ2n) is 4.87. The summed E-state index contributed by atoms with van der Waals surface area (Å²) in [7, 11) is 0. The van der Waals surface area contributed by atoms with Gasteiger partial charge < -0.3 is 10.8 Å². The SMILES string of the molecule is Nc1[nH]n(-c2ccccc2)c(=O)c1N=Nc1ccccc1C(=O)O. The van der Waals surface area contributed by atoms with Crippen molar-refractivity contribution in [2.45, 2.75) is 0 Å². The highest BCUT2D eigenvalue weighted by atomic mass is 16.4. The minimum Gasteiger partial charge on any atom is -0.478 e. The lowest BCUT2D eigenvalue weighted by Crippen LogP contribution is -2.13. The third-order valence-corrected chi connectivity index (χ3v) is 3.30. The number of hydrogen-bond donors (Lipinski definition) is 3. The highest BCUT2D eigenvalue weighted by Gasteiger charge is 2.14.